The Balaban J connectivity index is 1.65. The largest absolute Gasteiger partial charge is 0.337 e. The second-order valence-corrected chi connectivity index (χ2v) is 8.35. The third kappa shape index (κ3) is 3.98. The Labute approximate surface area is 175 Å². The molecule has 2 N–H and O–H groups in total. The summed E-state index contributed by atoms with van der Waals surface area (Å²) in [5.74, 6) is 6.16. The zero-order valence-corrected chi connectivity index (χ0v) is 17.7. The van der Waals surface area contributed by atoms with Gasteiger partial charge in [0.2, 0.25) is 4.80 Å². The van der Waals surface area contributed by atoms with E-state index < -0.39 is 0 Å². The summed E-state index contributed by atoms with van der Waals surface area (Å²) in [5, 5.41) is 18.3. The summed E-state index contributed by atoms with van der Waals surface area (Å²) in [6.07, 6.45) is 3.10. The number of azo groups is 1. The number of nitrogen functional groups attached to an aromatic ring is 1. The van der Waals surface area contributed by atoms with Crippen LogP contribution in [-0.4, -0.2) is 10.4 Å². The van der Waals surface area contributed by atoms with E-state index >= 15 is 0 Å². The highest BCUT2D eigenvalue weighted by molar-refractivity contribution is 9.10. The Morgan fingerprint density at radius 2 is 1.79 bits per heavy atom. The van der Waals surface area contributed by atoms with Crippen LogP contribution in [0.3, 0.4) is 0 Å². The molecule has 0 aliphatic heterocycles. The fourth-order valence-electron chi connectivity index (χ4n) is 3.04. The normalized spacial score (nSPS) is 16.1. The van der Waals surface area contributed by atoms with Crippen molar-refractivity contribution in [3.63, 3.8) is 0 Å². The van der Waals surface area contributed by atoms with Gasteiger partial charge in [0.1, 0.15) is 0 Å². The molecule has 0 unspecified atom stereocenters. The highest BCUT2D eigenvalue weighted by Crippen LogP contribution is 2.25. The van der Waals surface area contributed by atoms with E-state index in [1.54, 1.807) is 0 Å². The van der Waals surface area contributed by atoms with Crippen molar-refractivity contribution < 1.29 is 0 Å². The Morgan fingerprint density at radius 3 is 2.61 bits per heavy atom. The summed E-state index contributed by atoms with van der Waals surface area (Å²) in [7, 11) is 0. The molecule has 4 rings (SSSR count). The zero-order chi connectivity index (χ0) is 19.5. The van der Waals surface area contributed by atoms with Crippen LogP contribution in [0.2, 0.25) is 0 Å². The van der Waals surface area contributed by atoms with Crippen molar-refractivity contribution in [1.29, 1.82) is 0 Å². The van der Waals surface area contributed by atoms with E-state index in [2.05, 4.69) is 54.6 Å². The molecule has 28 heavy (non-hydrogen) atoms. The van der Waals surface area contributed by atoms with Crippen LogP contribution in [0.1, 0.15) is 29.7 Å². The maximum Gasteiger partial charge on any atom is 0.231 e. The van der Waals surface area contributed by atoms with E-state index in [-0.39, 0.29) is 0 Å². The van der Waals surface area contributed by atoms with Gasteiger partial charge in [-0.2, -0.15) is 5.10 Å². The van der Waals surface area contributed by atoms with Gasteiger partial charge in [-0.1, -0.05) is 51.5 Å². The van der Waals surface area contributed by atoms with E-state index in [9.17, 15) is 0 Å². The minimum Gasteiger partial charge on any atom is -0.337 e. The van der Waals surface area contributed by atoms with Gasteiger partial charge in [-0.15, -0.1) is 15.3 Å². The van der Waals surface area contributed by atoms with E-state index in [0.29, 0.717) is 9.80 Å². The van der Waals surface area contributed by atoms with Crippen LogP contribution in [0.4, 0.5) is 10.7 Å². The van der Waals surface area contributed by atoms with Crippen molar-refractivity contribution in [3.05, 3.63) is 74.6 Å². The number of nitrogens with two attached hydrogens (primary N) is 1. The average molecular weight is 455 g/mol. The predicted octanol–water partition coefficient (Wildman–Crippen LogP) is 5.39. The van der Waals surface area contributed by atoms with E-state index in [0.717, 1.165) is 40.8 Å². The molecule has 0 saturated carbocycles. The molecule has 8 heteroatoms. The molecular formula is C20H19BrN6S. The molecule has 2 aromatic carbocycles. The fourth-order valence-corrected chi connectivity index (χ4v) is 4.12. The van der Waals surface area contributed by atoms with Crippen LogP contribution in [-0.2, 0) is 6.42 Å². The van der Waals surface area contributed by atoms with Crippen molar-refractivity contribution in [2.24, 2.45) is 20.4 Å². The number of rotatable bonds is 3. The minimum atomic E-state index is 0.595. The first kappa shape index (κ1) is 18.8. The van der Waals surface area contributed by atoms with Gasteiger partial charge in [-0.25, -0.2) is 4.68 Å². The Bertz CT molecular complexity index is 1120. The van der Waals surface area contributed by atoms with E-state index in [1.165, 1.54) is 27.1 Å². The monoisotopic (exact) mass is 454 g/mol. The van der Waals surface area contributed by atoms with Crippen LogP contribution in [0, 0.1) is 6.92 Å². The predicted molar refractivity (Wildman–Crippen MR) is 117 cm³/mol. The lowest BCUT2D eigenvalue weighted by atomic mass is 9.90. The number of aryl methyl sites for hydroxylation is 1. The quantitative estimate of drug-likeness (QED) is 0.321. The number of hydrogen-bond donors (Lipinski definition) is 1. The second-order valence-electron chi connectivity index (χ2n) is 6.48. The van der Waals surface area contributed by atoms with Crippen molar-refractivity contribution in [3.8, 4) is 0 Å². The van der Waals surface area contributed by atoms with Crippen LogP contribution >= 0.6 is 27.3 Å². The summed E-state index contributed by atoms with van der Waals surface area (Å²) in [6, 6.07) is 16.0. The van der Waals surface area contributed by atoms with Gasteiger partial charge in [0, 0.05) is 10.0 Å². The second kappa shape index (κ2) is 8.20. The van der Waals surface area contributed by atoms with E-state index in [1.807, 2.05) is 37.3 Å². The first-order valence-electron chi connectivity index (χ1n) is 8.95. The number of aromatic nitrogens is 1. The zero-order valence-electron chi connectivity index (χ0n) is 15.3. The van der Waals surface area contributed by atoms with Crippen LogP contribution < -0.4 is 10.6 Å². The van der Waals surface area contributed by atoms with Gasteiger partial charge >= 0.3 is 0 Å². The fraction of sp³-hybridized carbons (Fsp3) is 0.200. The van der Waals surface area contributed by atoms with Gasteiger partial charge in [0.05, 0.1) is 17.1 Å². The molecule has 6 nitrogen and oxygen atoms in total. The van der Waals surface area contributed by atoms with Gasteiger partial charge in [-0.3, -0.25) is 0 Å². The van der Waals surface area contributed by atoms with Gasteiger partial charge in [0.25, 0.3) is 0 Å². The van der Waals surface area contributed by atoms with Crippen molar-refractivity contribution in [2.75, 3.05) is 5.84 Å². The summed E-state index contributed by atoms with van der Waals surface area (Å²) in [5.41, 5.74) is 5.09. The smallest absolute Gasteiger partial charge is 0.231 e. The topological polar surface area (TPSA) is 80.4 Å². The Hall–Kier alpha value is -2.58. The molecule has 0 saturated heterocycles. The summed E-state index contributed by atoms with van der Waals surface area (Å²) < 4.78 is 2.52. The van der Waals surface area contributed by atoms with Gasteiger partial charge < -0.3 is 5.84 Å². The third-order valence-corrected chi connectivity index (χ3v) is 6.15. The van der Waals surface area contributed by atoms with Crippen LogP contribution in [0.15, 0.2) is 73.4 Å². The Kier molecular flexibility index (Phi) is 5.50. The molecule has 0 amide bonds. The Morgan fingerprint density at radius 1 is 1.00 bits per heavy atom. The molecular weight excluding hydrogens is 436 g/mol. The molecule has 0 atom stereocenters. The number of fused-ring (bicyclic) bond motifs is 1. The molecule has 1 aromatic heterocycles. The minimum absolute atomic E-state index is 0.595. The maximum atomic E-state index is 6.16. The SMILES string of the molecule is Cc1c(N=Nc2ccc(Br)cc2)s/c(=N\N=C2/CCCc3ccccc32)n1N. The lowest BCUT2D eigenvalue weighted by Gasteiger charge is -2.16. The molecule has 0 fully saturated rings. The van der Waals surface area contributed by atoms with Crippen molar-refractivity contribution >= 4 is 43.7 Å². The summed E-state index contributed by atoms with van der Waals surface area (Å²) in [6.45, 7) is 1.90. The summed E-state index contributed by atoms with van der Waals surface area (Å²) >= 11 is 4.78. The first-order valence-corrected chi connectivity index (χ1v) is 10.6. The van der Waals surface area contributed by atoms with Crippen LogP contribution in [0.5, 0.6) is 0 Å². The number of nitrogens with zero attached hydrogens (tertiary/aromatic N) is 5. The van der Waals surface area contributed by atoms with Gasteiger partial charge in [0.15, 0.2) is 5.00 Å². The maximum absolute atomic E-state index is 6.16. The number of halogens is 1. The number of benzene rings is 2. The van der Waals surface area contributed by atoms with Gasteiger partial charge in [-0.05, 0) is 56.0 Å². The van der Waals surface area contributed by atoms with Crippen LogP contribution in [0.25, 0.3) is 0 Å². The summed E-state index contributed by atoms with van der Waals surface area (Å²) in [4.78, 5) is 0.595. The highest BCUT2D eigenvalue weighted by atomic mass is 79.9. The molecule has 0 bridgehead atoms. The van der Waals surface area contributed by atoms with Crippen molar-refractivity contribution in [2.45, 2.75) is 26.2 Å². The molecule has 0 radical (unpaired) electrons. The molecule has 142 valence electrons. The molecule has 3 aromatic rings. The third-order valence-electron chi connectivity index (χ3n) is 4.59. The number of hydrogen-bond acceptors (Lipinski definition) is 6. The molecule has 1 aliphatic rings. The molecule has 0 spiro atoms. The lowest BCUT2D eigenvalue weighted by Crippen LogP contribution is -2.24. The first-order chi connectivity index (χ1) is 13.6. The van der Waals surface area contributed by atoms with Crippen molar-refractivity contribution in [1.82, 2.24) is 4.68 Å². The number of thiazole rings is 1. The van der Waals surface area contributed by atoms with E-state index in [4.69, 9.17) is 5.84 Å². The molecule has 1 aliphatic carbocycles. The average Bonchev–Trinajstić information content (AvgIpc) is 2.99. The lowest BCUT2D eigenvalue weighted by molar-refractivity contribution is 0.828. The standard InChI is InChI=1S/C20H19BrN6S/c1-13-19(25-23-16-11-9-15(21)10-12-16)28-20(27(13)22)26-24-18-8-4-6-14-5-2-3-7-17(14)18/h2-3,5,7,9-12H,4,6,8,22H2,1H3/b24-18+,25-23?,26-20-. The highest BCUT2D eigenvalue weighted by Gasteiger charge is 2.14. The molecule has 1 heterocycles.